The van der Waals surface area contributed by atoms with Crippen LogP contribution in [0.1, 0.15) is 5.56 Å². The standard InChI is InChI=1S/C20H23N3O2/c1-24-19-7-4-9-21-20(19)23-13-11-22(12-14-23)10-8-16-15-25-18-6-3-2-5-17(16)18/h2-7,9,15H,8,10-14H2,1H3. The van der Waals surface area contributed by atoms with E-state index in [4.69, 9.17) is 9.15 Å². The van der Waals surface area contributed by atoms with Gasteiger partial charge in [0.15, 0.2) is 11.6 Å². The van der Waals surface area contributed by atoms with Gasteiger partial charge in [0.1, 0.15) is 5.58 Å². The van der Waals surface area contributed by atoms with E-state index in [0.29, 0.717) is 0 Å². The number of pyridine rings is 1. The first-order valence-electron chi connectivity index (χ1n) is 8.76. The fraction of sp³-hybridized carbons (Fsp3) is 0.350. The molecule has 1 saturated heterocycles. The van der Waals surface area contributed by atoms with Gasteiger partial charge in [0, 0.05) is 44.3 Å². The zero-order valence-corrected chi connectivity index (χ0v) is 14.5. The molecule has 130 valence electrons. The van der Waals surface area contributed by atoms with E-state index in [9.17, 15) is 0 Å². The molecule has 3 aromatic rings. The van der Waals surface area contributed by atoms with Crippen molar-refractivity contribution in [1.82, 2.24) is 9.88 Å². The van der Waals surface area contributed by atoms with Crippen molar-refractivity contribution in [3.8, 4) is 5.75 Å². The number of para-hydroxylation sites is 1. The minimum atomic E-state index is 0.848. The van der Waals surface area contributed by atoms with Crippen molar-refractivity contribution in [3.63, 3.8) is 0 Å². The predicted molar refractivity (Wildman–Crippen MR) is 99.4 cm³/mol. The largest absolute Gasteiger partial charge is 0.493 e. The number of rotatable bonds is 5. The summed E-state index contributed by atoms with van der Waals surface area (Å²) in [5.41, 5.74) is 2.27. The van der Waals surface area contributed by atoms with Crippen molar-refractivity contribution in [1.29, 1.82) is 0 Å². The molecule has 5 heteroatoms. The molecule has 0 N–H and O–H groups in total. The van der Waals surface area contributed by atoms with E-state index in [1.54, 1.807) is 7.11 Å². The number of ether oxygens (including phenoxy) is 1. The Morgan fingerprint density at radius 1 is 1.08 bits per heavy atom. The van der Waals surface area contributed by atoms with E-state index < -0.39 is 0 Å². The average Bonchev–Trinajstić information content (AvgIpc) is 3.10. The van der Waals surface area contributed by atoms with Crippen LogP contribution in [0.4, 0.5) is 5.82 Å². The smallest absolute Gasteiger partial charge is 0.171 e. The first-order chi connectivity index (χ1) is 12.3. The summed E-state index contributed by atoms with van der Waals surface area (Å²) in [6.07, 6.45) is 4.75. The summed E-state index contributed by atoms with van der Waals surface area (Å²) in [6.45, 7) is 5.07. The molecule has 0 saturated carbocycles. The van der Waals surface area contributed by atoms with Crippen LogP contribution in [0.3, 0.4) is 0 Å². The summed E-state index contributed by atoms with van der Waals surface area (Å²) in [5.74, 6) is 1.80. The van der Waals surface area contributed by atoms with Crippen molar-refractivity contribution in [3.05, 3.63) is 54.4 Å². The van der Waals surface area contributed by atoms with Gasteiger partial charge in [0.25, 0.3) is 0 Å². The van der Waals surface area contributed by atoms with Gasteiger partial charge in [-0.3, -0.25) is 4.90 Å². The molecule has 25 heavy (non-hydrogen) atoms. The molecule has 0 unspecified atom stereocenters. The molecule has 0 amide bonds. The summed E-state index contributed by atoms with van der Waals surface area (Å²) >= 11 is 0. The van der Waals surface area contributed by atoms with E-state index in [-0.39, 0.29) is 0 Å². The van der Waals surface area contributed by atoms with Crippen molar-refractivity contribution >= 4 is 16.8 Å². The number of piperazine rings is 1. The van der Waals surface area contributed by atoms with E-state index in [2.05, 4.69) is 26.9 Å². The monoisotopic (exact) mass is 337 g/mol. The molecule has 0 spiro atoms. The number of hydrogen-bond donors (Lipinski definition) is 0. The lowest BCUT2D eigenvalue weighted by Crippen LogP contribution is -2.47. The topological polar surface area (TPSA) is 41.7 Å². The fourth-order valence-corrected chi connectivity index (χ4v) is 3.47. The van der Waals surface area contributed by atoms with E-state index in [1.807, 2.05) is 36.7 Å². The zero-order valence-electron chi connectivity index (χ0n) is 14.5. The molecular weight excluding hydrogens is 314 g/mol. The lowest BCUT2D eigenvalue weighted by atomic mass is 10.1. The second-order valence-electron chi connectivity index (χ2n) is 6.37. The SMILES string of the molecule is COc1cccnc1N1CCN(CCc2coc3ccccc23)CC1. The number of furan rings is 1. The fourth-order valence-electron chi connectivity index (χ4n) is 3.47. The van der Waals surface area contributed by atoms with E-state index in [0.717, 1.165) is 56.3 Å². The molecule has 5 nitrogen and oxygen atoms in total. The van der Waals surface area contributed by atoms with E-state index >= 15 is 0 Å². The Kier molecular flexibility index (Phi) is 4.57. The van der Waals surface area contributed by atoms with Gasteiger partial charge in [-0.05, 0) is 30.2 Å². The number of anilines is 1. The molecule has 1 aromatic carbocycles. The van der Waals surface area contributed by atoms with Gasteiger partial charge < -0.3 is 14.1 Å². The Balaban J connectivity index is 1.35. The number of methoxy groups -OCH3 is 1. The Hall–Kier alpha value is -2.53. The highest BCUT2D eigenvalue weighted by Crippen LogP contribution is 2.26. The molecule has 0 bridgehead atoms. The quantitative estimate of drug-likeness (QED) is 0.715. The molecule has 0 radical (unpaired) electrons. The molecule has 1 fully saturated rings. The van der Waals surface area contributed by atoms with Gasteiger partial charge in [-0.2, -0.15) is 0 Å². The summed E-state index contributed by atoms with van der Waals surface area (Å²) in [7, 11) is 1.70. The van der Waals surface area contributed by atoms with Gasteiger partial charge in [0.2, 0.25) is 0 Å². The number of hydrogen-bond acceptors (Lipinski definition) is 5. The van der Waals surface area contributed by atoms with Crippen LogP contribution in [0.5, 0.6) is 5.75 Å². The highest BCUT2D eigenvalue weighted by atomic mass is 16.5. The van der Waals surface area contributed by atoms with Crippen LogP contribution in [-0.4, -0.2) is 49.7 Å². The van der Waals surface area contributed by atoms with Crippen LogP contribution in [0.2, 0.25) is 0 Å². The van der Waals surface area contributed by atoms with Crippen LogP contribution in [0.25, 0.3) is 11.0 Å². The van der Waals surface area contributed by atoms with Crippen molar-refractivity contribution in [2.45, 2.75) is 6.42 Å². The third-order valence-electron chi connectivity index (χ3n) is 4.90. The van der Waals surface area contributed by atoms with Crippen LogP contribution in [0, 0.1) is 0 Å². The van der Waals surface area contributed by atoms with Gasteiger partial charge in [-0.1, -0.05) is 18.2 Å². The summed E-state index contributed by atoms with van der Waals surface area (Å²) < 4.78 is 11.1. The highest BCUT2D eigenvalue weighted by molar-refractivity contribution is 5.80. The van der Waals surface area contributed by atoms with Gasteiger partial charge >= 0.3 is 0 Å². The zero-order chi connectivity index (χ0) is 17.1. The van der Waals surface area contributed by atoms with Gasteiger partial charge in [-0.25, -0.2) is 4.98 Å². The Morgan fingerprint density at radius 3 is 2.76 bits per heavy atom. The molecule has 0 atom stereocenters. The summed E-state index contributed by atoms with van der Waals surface area (Å²) in [6, 6.07) is 12.1. The molecular formula is C20H23N3O2. The normalized spacial score (nSPS) is 15.6. The third kappa shape index (κ3) is 3.33. The van der Waals surface area contributed by atoms with Gasteiger partial charge in [-0.15, -0.1) is 0 Å². The maximum absolute atomic E-state index is 5.64. The summed E-state index contributed by atoms with van der Waals surface area (Å²) in [5, 5.41) is 1.24. The van der Waals surface area contributed by atoms with Crippen molar-refractivity contribution in [2.24, 2.45) is 0 Å². The maximum Gasteiger partial charge on any atom is 0.171 e. The summed E-state index contributed by atoms with van der Waals surface area (Å²) in [4.78, 5) is 9.30. The minimum Gasteiger partial charge on any atom is -0.493 e. The highest BCUT2D eigenvalue weighted by Gasteiger charge is 2.20. The second kappa shape index (κ2) is 7.15. The Morgan fingerprint density at radius 2 is 1.92 bits per heavy atom. The third-order valence-corrected chi connectivity index (χ3v) is 4.90. The Bertz CT molecular complexity index is 838. The van der Waals surface area contributed by atoms with Crippen LogP contribution < -0.4 is 9.64 Å². The van der Waals surface area contributed by atoms with Crippen molar-refractivity contribution in [2.75, 3.05) is 44.7 Å². The Labute approximate surface area is 147 Å². The molecule has 1 aliphatic heterocycles. The first-order valence-corrected chi connectivity index (χ1v) is 8.76. The second-order valence-corrected chi connectivity index (χ2v) is 6.37. The minimum absolute atomic E-state index is 0.848. The van der Waals surface area contributed by atoms with Crippen LogP contribution in [-0.2, 0) is 6.42 Å². The average molecular weight is 337 g/mol. The number of aromatic nitrogens is 1. The molecule has 3 heterocycles. The van der Waals surface area contributed by atoms with Gasteiger partial charge in [0.05, 0.1) is 13.4 Å². The number of fused-ring (bicyclic) bond motifs is 1. The maximum atomic E-state index is 5.64. The molecule has 1 aliphatic rings. The lowest BCUT2D eigenvalue weighted by Gasteiger charge is -2.35. The van der Waals surface area contributed by atoms with Crippen LogP contribution in [0.15, 0.2) is 53.3 Å². The first kappa shape index (κ1) is 16.0. The number of benzene rings is 1. The van der Waals surface area contributed by atoms with Crippen LogP contribution >= 0.6 is 0 Å². The molecule has 2 aromatic heterocycles. The molecule has 0 aliphatic carbocycles. The predicted octanol–water partition coefficient (Wildman–Crippen LogP) is 3.20. The lowest BCUT2D eigenvalue weighted by molar-refractivity contribution is 0.259. The van der Waals surface area contributed by atoms with E-state index in [1.165, 1.54) is 10.9 Å². The molecule has 4 rings (SSSR count). The van der Waals surface area contributed by atoms with Crippen molar-refractivity contribution < 1.29 is 9.15 Å². The number of nitrogens with zero attached hydrogens (tertiary/aromatic N) is 3.